The van der Waals surface area contributed by atoms with Crippen molar-refractivity contribution in [2.45, 2.75) is 26.2 Å². The summed E-state index contributed by atoms with van der Waals surface area (Å²) in [6.45, 7) is 1.63. The lowest BCUT2D eigenvalue weighted by atomic mass is 9.98. The molecule has 0 aromatic heterocycles. The Balaban J connectivity index is 1.97. The fraction of sp³-hybridized carbons (Fsp3) is 0.235. The van der Waals surface area contributed by atoms with Crippen molar-refractivity contribution >= 4 is 5.78 Å². The lowest BCUT2D eigenvalue weighted by Crippen LogP contribution is -2.00. The highest BCUT2D eigenvalue weighted by atomic mass is 16.1. The number of rotatable bonds is 5. The van der Waals surface area contributed by atoms with Crippen molar-refractivity contribution in [2.24, 2.45) is 0 Å². The number of benzene rings is 2. The lowest BCUT2D eigenvalue weighted by molar-refractivity contribution is 0.101. The van der Waals surface area contributed by atoms with Gasteiger partial charge in [0.1, 0.15) is 0 Å². The third kappa shape index (κ3) is 3.30. The smallest absolute Gasteiger partial charge is 0.160 e. The van der Waals surface area contributed by atoms with Gasteiger partial charge in [-0.2, -0.15) is 0 Å². The van der Waals surface area contributed by atoms with Crippen LogP contribution in [0.4, 0.5) is 0 Å². The molecule has 0 radical (unpaired) electrons. The van der Waals surface area contributed by atoms with E-state index in [-0.39, 0.29) is 5.78 Å². The van der Waals surface area contributed by atoms with Crippen LogP contribution in [0.3, 0.4) is 0 Å². The van der Waals surface area contributed by atoms with E-state index < -0.39 is 0 Å². The molecule has 2 aromatic carbocycles. The minimum absolute atomic E-state index is 0.158. The molecular formula is C17H18O. The number of ketones is 1. The van der Waals surface area contributed by atoms with Gasteiger partial charge >= 0.3 is 0 Å². The van der Waals surface area contributed by atoms with Crippen LogP contribution in [0.25, 0.3) is 0 Å². The number of hydrogen-bond donors (Lipinski definition) is 0. The van der Waals surface area contributed by atoms with E-state index in [2.05, 4.69) is 30.3 Å². The molecule has 0 aliphatic heterocycles. The zero-order chi connectivity index (χ0) is 12.8. The molecule has 2 aromatic rings. The van der Waals surface area contributed by atoms with Crippen LogP contribution < -0.4 is 0 Å². The fourth-order valence-corrected chi connectivity index (χ4v) is 2.21. The maximum absolute atomic E-state index is 11.5. The highest BCUT2D eigenvalue weighted by Crippen LogP contribution is 2.13. The summed E-state index contributed by atoms with van der Waals surface area (Å²) < 4.78 is 0. The van der Waals surface area contributed by atoms with Gasteiger partial charge in [-0.05, 0) is 37.3 Å². The van der Waals surface area contributed by atoms with Gasteiger partial charge < -0.3 is 0 Å². The van der Waals surface area contributed by atoms with Gasteiger partial charge in [0.25, 0.3) is 0 Å². The number of aryl methyl sites for hydroxylation is 2. The predicted octanol–water partition coefficient (Wildman–Crippen LogP) is 4.06. The van der Waals surface area contributed by atoms with E-state index in [1.54, 1.807) is 6.92 Å². The molecule has 0 bridgehead atoms. The summed E-state index contributed by atoms with van der Waals surface area (Å²) in [4.78, 5) is 11.5. The van der Waals surface area contributed by atoms with Crippen LogP contribution in [0.1, 0.15) is 34.8 Å². The summed E-state index contributed by atoms with van der Waals surface area (Å²) in [6.07, 6.45) is 3.10. The SMILES string of the molecule is CC(=O)c1ccccc1CCCc1ccccc1. The molecule has 0 N–H and O–H groups in total. The fourth-order valence-electron chi connectivity index (χ4n) is 2.21. The van der Waals surface area contributed by atoms with Crippen molar-refractivity contribution in [1.29, 1.82) is 0 Å². The summed E-state index contributed by atoms with van der Waals surface area (Å²) in [5, 5.41) is 0. The highest BCUT2D eigenvalue weighted by molar-refractivity contribution is 5.95. The van der Waals surface area contributed by atoms with Gasteiger partial charge in [0.15, 0.2) is 5.78 Å². The lowest BCUT2D eigenvalue weighted by Gasteiger charge is -2.06. The van der Waals surface area contributed by atoms with Crippen LogP contribution >= 0.6 is 0 Å². The molecular weight excluding hydrogens is 220 g/mol. The van der Waals surface area contributed by atoms with Crippen molar-refractivity contribution in [2.75, 3.05) is 0 Å². The van der Waals surface area contributed by atoms with Crippen molar-refractivity contribution in [1.82, 2.24) is 0 Å². The Hall–Kier alpha value is -1.89. The molecule has 2 rings (SSSR count). The van der Waals surface area contributed by atoms with E-state index in [0.717, 1.165) is 24.8 Å². The van der Waals surface area contributed by atoms with E-state index >= 15 is 0 Å². The third-order valence-corrected chi connectivity index (χ3v) is 3.15. The number of carbonyl (C=O) groups excluding carboxylic acids is 1. The summed E-state index contributed by atoms with van der Waals surface area (Å²) in [5.74, 6) is 0.158. The molecule has 1 heteroatoms. The second-order valence-corrected chi connectivity index (χ2v) is 4.55. The first-order chi connectivity index (χ1) is 8.77. The molecule has 18 heavy (non-hydrogen) atoms. The Morgan fingerprint density at radius 2 is 1.56 bits per heavy atom. The summed E-state index contributed by atoms with van der Waals surface area (Å²) in [6, 6.07) is 18.4. The molecule has 0 aliphatic rings. The molecule has 0 spiro atoms. The van der Waals surface area contributed by atoms with Gasteiger partial charge in [-0.1, -0.05) is 54.6 Å². The van der Waals surface area contributed by atoms with E-state index in [0.29, 0.717) is 0 Å². The number of Topliss-reactive ketones (excluding diaryl/α,β-unsaturated/α-hetero) is 1. The second-order valence-electron chi connectivity index (χ2n) is 4.55. The van der Waals surface area contributed by atoms with E-state index in [1.165, 1.54) is 11.1 Å². The van der Waals surface area contributed by atoms with Gasteiger partial charge in [-0.25, -0.2) is 0 Å². The Bertz CT molecular complexity index is 514. The Morgan fingerprint density at radius 1 is 0.889 bits per heavy atom. The normalized spacial score (nSPS) is 10.3. The first-order valence-electron chi connectivity index (χ1n) is 6.40. The standard InChI is InChI=1S/C17H18O/c1-14(18)17-13-6-5-11-16(17)12-7-10-15-8-3-2-4-9-15/h2-6,8-9,11,13H,7,10,12H2,1H3. The van der Waals surface area contributed by atoms with Crippen LogP contribution in [0.5, 0.6) is 0 Å². The minimum Gasteiger partial charge on any atom is -0.295 e. The van der Waals surface area contributed by atoms with Crippen LogP contribution in [0, 0.1) is 0 Å². The number of hydrogen-bond acceptors (Lipinski definition) is 1. The molecule has 0 atom stereocenters. The van der Waals surface area contributed by atoms with Crippen LogP contribution in [-0.2, 0) is 12.8 Å². The molecule has 0 aliphatic carbocycles. The van der Waals surface area contributed by atoms with E-state index in [9.17, 15) is 4.79 Å². The average Bonchev–Trinajstić information content (AvgIpc) is 2.40. The minimum atomic E-state index is 0.158. The van der Waals surface area contributed by atoms with Crippen molar-refractivity contribution < 1.29 is 4.79 Å². The zero-order valence-corrected chi connectivity index (χ0v) is 10.7. The Labute approximate surface area is 108 Å². The van der Waals surface area contributed by atoms with Crippen LogP contribution in [0.2, 0.25) is 0 Å². The molecule has 0 amide bonds. The van der Waals surface area contributed by atoms with E-state index in [1.807, 2.05) is 24.3 Å². The maximum atomic E-state index is 11.5. The largest absolute Gasteiger partial charge is 0.295 e. The third-order valence-electron chi connectivity index (χ3n) is 3.15. The van der Waals surface area contributed by atoms with Gasteiger partial charge in [0.05, 0.1) is 0 Å². The predicted molar refractivity (Wildman–Crippen MR) is 74.9 cm³/mol. The van der Waals surface area contributed by atoms with Crippen LogP contribution in [-0.4, -0.2) is 5.78 Å². The Kier molecular flexibility index (Phi) is 4.30. The Morgan fingerprint density at radius 3 is 2.28 bits per heavy atom. The van der Waals surface area contributed by atoms with Crippen molar-refractivity contribution in [3.8, 4) is 0 Å². The summed E-state index contributed by atoms with van der Waals surface area (Å²) in [5.41, 5.74) is 3.39. The first kappa shape index (κ1) is 12.6. The molecule has 0 saturated heterocycles. The molecule has 0 unspecified atom stereocenters. The van der Waals surface area contributed by atoms with Gasteiger partial charge in [-0.3, -0.25) is 4.79 Å². The molecule has 1 nitrogen and oxygen atoms in total. The summed E-state index contributed by atoms with van der Waals surface area (Å²) in [7, 11) is 0. The van der Waals surface area contributed by atoms with Gasteiger partial charge in [-0.15, -0.1) is 0 Å². The zero-order valence-electron chi connectivity index (χ0n) is 10.7. The van der Waals surface area contributed by atoms with Gasteiger partial charge in [0, 0.05) is 5.56 Å². The highest BCUT2D eigenvalue weighted by Gasteiger charge is 2.05. The quantitative estimate of drug-likeness (QED) is 0.718. The first-order valence-corrected chi connectivity index (χ1v) is 6.40. The van der Waals surface area contributed by atoms with Gasteiger partial charge in [0.2, 0.25) is 0 Å². The van der Waals surface area contributed by atoms with E-state index in [4.69, 9.17) is 0 Å². The average molecular weight is 238 g/mol. The maximum Gasteiger partial charge on any atom is 0.160 e. The van der Waals surface area contributed by atoms with Crippen LogP contribution in [0.15, 0.2) is 54.6 Å². The topological polar surface area (TPSA) is 17.1 Å². The molecule has 0 fully saturated rings. The number of carbonyl (C=O) groups is 1. The monoisotopic (exact) mass is 238 g/mol. The van der Waals surface area contributed by atoms with Crippen molar-refractivity contribution in [3.05, 3.63) is 71.3 Å². The summed E-state index contributed by atoms with van der Waals surface area (Å²) >= 11 is 0. The second kappa shape index (κ2) is 6.15. The van der Waals surface area contributed by atoms with Crippen molar-refractivity contribution in [3.63, 3.8) is 0 Å². The molecule has 92 valence electrons. The molecule has 0 heterocycles. The molecule has 0 saturated carbocycles.